The number of Topliss-reactive ketones (excluding diaryl/α,β-unsaturated/α-hetero) is 1. The molecule has 12 heteroatoms. The lowest BCUT2D eigenvalue weighted by molar-refractivity contribution is 0.0990. The van der Waals surface area contributed by atoms with E-state index < -0.39 is 9.84 Å². The number of amides is 1. The molecule has 0 spiro atoms. The second kappa shape index (κ2) is 12.3. The largest absolute Gasteiger partial charge is 0.324 e. The van der Waals surface area contributed by atoms with E-state index in [9.17, 15) is 18.0 Å². The lowest BCUT2D eigenvalue weighted by atomic mass is 10.0. The molecule has 3 N–H and O–H groups in total. The number of sulfone groups is 1. The first-order chi connectivity index (χ1) is 19.3. The zero-order valence-corrected chi connectivity index (χ0v) is 23.7. The quantitative estimate of drug-likeness (QED) is 0.227. The highest BCUT2D eigenvalue weighted by Gasteiger charge is 2.28. The van der Waals surface area contributed by atoms with Gasteiger partial charge in [-0.25, -0.2) is 18.4 Å². The zero-order valence-electron chi connectivity index (χ0n) is 21.3. The molecule has 0 unspecified atom stereocenters. The van der Waals surface area contributed by atoms with Crippen LogP contribution in [0.1, 0.15) is 38.4 Å². The molecule has 2 aromatic carbocycles. The van der Waals surface area contributed by atoms with Gasteiger partial charge in [0, 0.05) is 35.8 Å². The van der Waals surface area contributed by atoms with Crippen molar-refractivity contribution >= 4 is 61.8 Å². The van der Waals surface area contributed by atoms with E-state index in [1.165, 1.54) is 11.3 Å². The van der Waals surface area contributed by atoms with Gasteiger partial charge in [-0.05, 0) is 85.4 Å². The predicted octanol–water partition coefficient (Wildman–Crippen LogP) is 5.14. The van der Waals surface area contributed by atoms with Crippen molar-refractivity contribution in [2.24, 2.45) is 0 Å². The van der Waals surface area contributed by atoms with Crippen molar-refractivity contribution in [3.05, 3.63) is 93.4 Å². The maximum atomic E-state index is 13.0. The van der Waals surface area contributed by atoms with Gasteiger partial charge >= 0.3 is 0 Å². The number of hydrogen-bond donors (Lipinski definition) is 3. The monoisotopic (exact) mass is 595 g/mol. The van der Waals surface area contributed by atoms with Crippen molar-refractivity contribution < 1.29 is 18.0 Å². The predicted molar refractivity (Wildman–Crippen MR) is 157 cm³/mol. The van der Waals surface area contributed by atoms with Crippen molar-refractivity contribution in [2.75, 3.05) is 23.7 Å². The Balaban J connectivity index is 1.20. The van der Waals surface area contributed by atoms with Crippen molar-refractivity contribution in [3.8, 4) is 0 Å². The Labute approximate surface area is 240 Å². The second-order valence-corrected chi connectivity index (χ2v) is 12.9. The van der Waals surface area contributed by atoms with Gasteiger partial charge in [0.1, 0.15) is 0 Å². The van der Waals surface area contributed by atoms with E-state index in [0.29, 0.717) is 58.6 Å². The molecular formula is C28H26ClN5O4S2. The van der Waals surface area contributed by atoms with Crippen LogP contribution in [0.5, 0.6) is 0 Å². The van der Waals surface area contributed by atoms with E-state index in [2.05, 4.69) is 25.9 Å². The van der Waals surface area contributed by atoms with E-state index in [1.54, 1.807) is 67.0 Å². The first-order valence-corrected chi connectivity index (χ1v) is 15.4. The summed E-state index contributed by atoms with van der Waals surface area (Å²) in [6.07, 6.45) is 4.31. The minimum Gasteiger partial charge on any atom is -0.324 e. The van der Waals surface area contributed by atoms with E-state index in [0.717, 1.165) is 0 Å². The fourth-order valence-corrected chi connectivity index (χ4v) is 6.96. The SMILES string of the molecule is O=C(Nc1ccc(Cl)c(C(=O)Cc2cnc(Nc3ccc(S(=O)(=O)C4CCNCC4)cc3)nc2)c1)c1cccs1. The summed E-state index contributed by atoms with van der Waals surface area (Å²) in [6, 6.07) is 14.8. The molecule has 40 heavy (non-hydrogen) atoms. The van der Waals surface area contributed by atoms with Crippen LogP contribution in [0.4, 0.5) is 17.3 Å². The fourth-order valence-electron chi connectivity index (χ4n) is 4.36. The highest BCUT2D eigenvalue weighted by molar-refractivity contribution is 7.92. The number of carbonyl (C=O) groups excluding carboxylic acids is 2. The molecular weight excluding hydrogens is 570 g/mol. The molecule has 4 aromatic rings. The van der Waals surface area contributed by atoms with Crippen molar-refractivity contribution in [1.82, 2.24) is 15.3 Å². The molecule has 9 nitrogen and oxygen atoms in total. The average Bonchev–Trinajstić information content (AvgIpc) is 3.51. The van der Waals surface area contributed by atoms with Crippen LogP contribution in [0.3, 0.4) is 0 Å². The minimum absolute atomic E-state index is 0.0194. The number of carbonyl (C=O) groups is 2. The summed E-state index contributed by atoms with van der Waals surface area (Å²) in [7, 11) is -3.37. The van der Waals surface area contributed by atoms with Crippen LogP contribution >= 0.6 is 22.9 Å². The Morgan fingerprint density at radius 1 is 1.00 bits per heavy atom. The Kier molecular flexibility index (Phi) is 8.55. The number of benzene rings is 2. The maximum absolute atomic E-state index is 13.0. The van der Waals surface area contributed by atoms with Gasteiger partial charge in [0.2, 0.25) is 5.95 Å². The van der Waals surface area contributed by atoms with Crippen LogP contribution in [0.2, 0.25) is 5.02 Å². The van der Waals surface area contributed by atoms with Crippen molar-refractivity contribution in [2.45, 2.75) is 29.4 Å². The molecule has 1 aliphatic heterocycles. The third-order valence-corrected chi connectivity index (χ3v) is 9.98. The van der Waals surface area contributed by atoms with Gasteiger partial charge in [-0.2, -0.15) is 0 Å². The summed E-state index contributed by atoms with van der Waals surface area (Å²) in [4.78, 5) is 34.8. The van der Waals surface area contributed by atoms with Crippen LogP contribution < -0.4 is 16.0 Å². The standard InChI is InChI=1S/C28H26ClN5O4S2/c29-24-8-5-20(33-27(36)26-2-1-13-39-26)15-23(24)25(35)14-18-16-31-28(32-17-18)34-19-3-6-21(7-4-19)40(37,38)22-9-11-30-12-10-22/h1-8,13,15-17,22,30H,9-12,14H2,(H,33,36)(H,31,32,34). The molecule has 1 aliphatic rings. The maximum Gasteiger partial charge on any atom is 0.265 e. The third kappa shape index (κ3) is 6.56. The lowest BCUT2D eigenvalue weighted by Crippen LogP contribution is -2.35. The van der Waals surface area contributed by atoms with Gasteiger partial charge < -0.3 is 16.0 Å². The number of nitrogens with one attached hydrogen (secondary N) is 3. The first kappa shape index (κ1) is 27.9. The fraction of sp³-hybridized carbons (Fsp3) is 0.214. The van der Waals surface area contributed by atoms with E-state index in [4.69, 9.17) is 11.6 Å². The normalized spacial score (nSPS) is 14.0. The molecule has 5 rings (SSSR count). The molecule has 1 amide bonds. The summed E-state index contributed by atoms with van der Waals surface area (Å²) in [5, 5.41) is 10.7. The number of nitrogens with zero attached hydrogens (tertiary/aromatic N) is 2. The molecule has 3 heterocycles. The number of hydrogen-bond acceptors (Lipinski definition) is 9. The van der Waals surface area contributed by atoms with E-state index in [1.807, 2.05) is 5.38 Å². The Bertz CT molecular complexity index is 1600. The highest BCUT2D eigenvalue weighted by Crippen LogP contribution is 2.25. The minimum atomic E-state index is -3.37. The summed E-state index contributed by atoms with van der Waals surface area (Å²) < 4.78 is 25.8. The van der Waals surface area contributed by atoms with Gasteiger partial charge in [-0.1, -0.05) is 17.7 Å². The number of thiophene rings is 1. The number of anilines is 3. The molecule has 0 radical (unpaired) electrons. The Morgan fingerprint density at radius 3 is 2.38 bits per heavy atom. The third-order valence-electron chi connectivity index (χ3n) is 6.50. The summed E-state index contributed by atoms with van der Waals surface area (Å²) >= 11 is 7.60. The summed E-state index contributed by atoms with van der Waals surface area (Å²) in [5.41, 5.74) is 1.98. The van der Waals surface area contributed by atoms with E-state index >= 15 is 0 Å². The van der Waals surface area contributed by atoms with Crippen LogP contribution in [-0.4, -0.2) is 48.4 Å². The number of piperidine rings is 1. The molecule has 0 bridgehead atoms. The van der Waals surface area contributed by atoms with Gasteiger partial charge in [0.25, 0.3) is 5.91 Å². The molecule has 0 saturated carbocycles. The Hall–Kier alpha value is -3.64. The molecule has 1 fully saturated rings. The zero-order chi connectivity index (χ0) is 28.1. The average molecular weight is 596 g/mol. The smallest absolute Gasteiger partial charge is 0.265 e. The lowest BCUT2D eigenvalue weighted by Gasteiger charge is -2.22. The molecule has 0 atom stereocenters. The molecule has 2 aromatic heterocycles. The Morgan fingerprint density at radius 2 is 1.70 bits per heavy atom. The number of ketones is 1. The molecule has 206 valence electrons. The van der Waals surface area contributed by atoms with Gasteiger partial charge in [0.05, 0.1) is 20.0 Å². The van der Waals surface area contributed by atoms with Crippen LogP contribution in [0.25, 0.3) is 0 Å². The van der Waals surface area contributed by atoms with Crippen molar-refractivity contribution in [3.63, 3.8) is 0 Å². The van der Waals surface area contributed by atoms with Gasteiger partial charge in [0.15, 0.2) is 15.6 Å². The van der Waals surface area contributed by atoms with Crippen molar-refractivity contribution in [1.29, 1.82) is 0 Å². The van der Waals surface area contributed by atoms with Crippen LogP contribution in [0, 0.1) is 0 Å². The molecule has 1 saturated heterocycles. The number of rotatable bonds is 9. The molecule has 0 aliphatic carbocycles. The summed E-state index contributed by atoms with van der Waals surface area (Å²) in [6.45, 7) is 1.41. The number of halogens is 1. The highest BCUT2D eigenvalue weighted by atomic mass is 35.5. The summed E-state index contributed by atoms with van der Waals surface area (Å²) in [5.74, 6) is -0.196. The number of aromatic nitrogens is 2. The van der Waals surface area contributed by atoms with Gasteiger partial charge in [-0.3, -0.25) is 9.59 Å². The topological polar surface area (TPSA) is 130 Å². The van der Waals surface area contributed by atoms with Crippen LogP contribution in [0.15, 0.2) is 77.3 Å². The van der Waals surface area contributed by atoms with Gasteiger partial charge in [-0.15, -0.1) is 11.3 Å². The second-order valence-electron chi connectivity index (χ2n) is 9.28. The van der Waals surface area contributed by atoms with E-state index in [-0.39, 0.29) is 33.9 Å². The van der Waals surface area contributed by atoms with Crippen LogP contribution in [-0.2, 0) is 16.3 Å². The first-order valence-electron chi connectivity index (χ1n) is 12.6.